The molecule has 0 bridgehead atoms. The van der Waals surface area contributed by atoms with Crippen LogP contribution in [-0.4, -0.2) is 57.0 Å². The molecule has 0 spiro atoms. The lowest BCUT2D eigenvalue weighted by atomic mass is 9.99. The molecule has 1 N–H and O–H groups in total. The van der Waals surface area contributed by atoms with E-state index in [1.807, 2.05) is 24.3 Å². The van der Waals surface area contributed by atoms with E-state index in [4.69, 9.17) is 4.74 Å². The number of thioether (sulfide) groups is 1. The Bertz CT molecular complexity index is 708. The second-order valence-electron chi connectivity index (χ2n) is 6.14. The molecule has 2 atom stereocenters. The first-order valence-electron chi connectivity index (χ1n) is 8.07. The Hall–Kier alpha value is -1.25. The van der Waals surface area contributed by atoms with Gasteiger partial charge < -0.3 is 9.64 Å². The Morgan fingerprint density at radius 2 is 2.21 bits per heavy atom. The molecule has 2 aliphatic rings. The Morgan fingerprint density at radius 3 is 3.00 bits per heavy atom. The van der Waals surface area contributed by atoms with Gasteiger partial charge in [0.2, 0.25) is 10.0 Å². The van der Waals surface area contributed by atoms with Gasteiger partial charge in [-0.3, -0.25) is 4.79 Å². The number of benzene rings is 1. The van der Waals surface area contributed by atoms with Gasteiger partial charge in [0, 0.05) is 23.7 Å². The zero-order valence-corrected chi connectivity index (χ0v) is 15.2. The minimum Gasteiger partial charge on any atom is -0.479 e. The molecule has 1 fully saturated rings. The maximum atomic E-state index is 12.8. The second-order valence-corrected chi connectivity index (χ2v) is 9.18. The molecular weight excluding hydrogens is 348 g/mol. The van der Waals surface area contributed by atoms with Crippen LogP contribution in [0.25, 0.3) is 0 Å². The van der Waals surface area contributed by atoms with Gasteiger partial charge in [-0.05, 0) is 37.9 Å². The van der Waals surface area contributed by atoms with Crippen molar-refractivity contribution in [3.8, 4) is 5.75 Å². The molecule has 1 saturated heterocycles. The SMILES string of the molecule is CNS(=O)(=O)CC1CCCN(C(=O)C2CSc3ccccc3O2)C1. The van der Waals surface area contributed by atoms with E-state index in [0.29, 0.717) is 18.8 Å². The minimum atomic E-state index is -3.26. The molecule has 1 aromatic carbocycles. The molecule has 3 rings (SSSR count). The fraction of sp³-hybridized carbons (Fsp3) is 0.562. The van der Waals surface area contributed by atoms with Crippen molar-refractivity contribution < 1.29 is 17.9 Å². The van der Waals surface area contributed by atoms with Gasteiger partial charge in [-0.15, -0.1) is 11.8 Å². The van der Waals surface area contributed by atoms with Crippen LogP contribution in [0.4, 0.5) is 0 Å². The average Bonchev–Trinajstić information content (AvgIpc) is 2.60. The minimum absolute atomic E-state index is 0.0244. The molecule has 2 unspecified atom stereocenters. The van der Waals surface area contributed by atoms with Crippen molar-refractivity contribution in [1.82, 2.24) is 9.62 Å². The Morgan fingerprint density at radius 1 is 1.42 bits per heavy atom. The Balaban J connectivity index is 1.63. The summed E-state index contributed by atoms with van der Waals surface area (Å²) in [5, 5.41) is 0. The number of carbonyl (C=O) groups excluding carboxylic acids is 1. The fourth-order valence-electron chi connectivity index (χ4n) is 3.14. The number of nitrogens with zero attached hydrogens (tertiary/aromatic N) is 1. The first kappa shape index (κ1) is 17.6. The van der Waals surface area contributed by atoms with E-state index in [1.165, 1.54) is 7.05 Å². The van der Waals surface area contributed by atoms with Crippen molar-refractivity contribution in [2.45, 2.75) is 23.8 Å². The van der Waals surface area contributed by atoms with E-state index in [-0.39, 0.29) is 17.6 Å². The molecule has 2 heterocycles. The number of hydrogen-bond acceptors (Lipinski definition) is 5. The van der Waals surface area contributed by atoms with Crippen LogP contribution in [0.1, 0.15) is 12.8 Å². The number of likely N-dealkylation sites (tertiary alicyclic amines) is 1. The summed E-state index contributed by atoms with van der Waals surface area (Å²) in [5.41, 5.74) is 0. The quantitative estimate of drug-likeness (QED) is 0.865. The van der Waals surface area contributed by atoms with E-state index < -0.39 is 16.1 Å². The third kappa shape index (κ3) is 4.04. The standard InChI is InChI=1S/C16H22N2O4S2/c1-17-24(20,21)11-12-5-4-8-18(9-12)16(19)14-10-23-15-7-3-2-6-13(15)22-14/h2-3,6-7,12,14,17H,4-5,8-11H2,1H3. The monoisotopic (exact) mass is 370 g/mol. The van der Waals surface area contributed by atoms with Crippen LogP contribution in [0.2, 0.25) is 0 Å². The number of rotatable bonds is 4. The lowest BCUT2D eigenvalue weighted by Gasteiger charge is -2.35. The van der Waals surface area contributed by atoms with Crippen molar-refractivity contribution >= 4 is 27.7 Å². The highest BCUT2D eigenvalue weighted by Crippen LogP contribution is 2.35. The third-order valence-electron chi connectivity index (χ3n) is 4.38. The lowest BCUT2D eigenvalue weighted by molar-refractivity contribution is -0.139. The lowest BCUT2D eigenvalue weighted by Crippen LogP contribution is -2.49. The number of hydrogen-bond donors (Lipinski definition) is 1. The third-order valence-corrected chi connectivity index (χ3v) is 7.03. The summed E-state index contributed by atoms with van der Waals surface area (Å²) in [6, 6.07) is 7.71. The van der Waals surface area contributed by atoms with Gasteiger partial charge in [0.05, 0.1) is 5.75 Å². The van der Waals surface area contributed by atoms with Gasteiger partial charge >= 0.3 is 0 Å². The summed E-state index contributed by atoms with van der Waals surface area (Å²) in [5.74, 6) is 1.34. The number of carbonyl (C=O) groups is 1. The first-order chi connectivity index (χ1) is 11.5. The summed E-state index contributed by atoms with van der Waals surface area (Å²) < 4.78 is 31.7. The molecule has 0 aliphatic carbocycles. The maximum Gasteiger partial charge on any atom is 0.264 e. The molecule has 6 nitrogen and oxygen atoms in total. The van der Waals surface area contributed by atoms with Crippen LogP contribution in [-0.2, 0) is 14.8 Å². The number of fused-ring (bicyclic) bond motifs is 1. The molecule has 0 saturated carbocycles. The second kappa shape index (κ2) is 7.33. The van der Waals surface area contributed by atoms with Crippen LogP contribution in [0.3, 0.4) is 0 Å². The number of para-hydroxylation sites is 1. The van der Waals surface area contributed by atoms with Gasteiger partial charge in [-0.1, -0.05) is 12.1 Å². The van der Waals surface area contributed by atoms with E-state index in [0.717, 1.165) is 23.5 Å². The largest absolute Gasteiger partial charge is 0.479 e. The highest BCUT2D eigenvalue weighted by atomic mass is 32.2. The van der Waals surface area contributed by atoms with Crippen LogP contribution in [0, 0.1) is 5.92 Å². The molecule has 8 heteroatoms. The number of ether oxygens (including phenoxy) is 1. The molecular formula is C16H22N2O4S2. The molecule has 0 aromatic heterocycles. The van der Waals surface area contributed by atoms with E-state index in [2.05, 4.69) is 4.72 Å². The zero-order chi connectivity index (χ0) is 17.2. The highest BCUT2D eigenvalue weighted by Gasteiger charge is 2.33. The number of piperidine rings is 1. The molecule has 0 radical (unpaired) electrons. The van der Waals surface area contributed by atoms with Crippen molar-refractivity contribution in [3.63, 3.8) is 0 Å². The summed E-state index contributed by atoms with van der Waals surface area (Å²) in [4.78, 5) is 15.6. The van der Waals surface area contributed by atoms with E-state index in [9.17, 15) is 13.2 Å². The van der Waals surface area contributed by atoms with E-state index >= 15 is 0 Å². The normalized spacial score (nSPS) is 24.1. The topological polar surface area (TPSA) is 75.7 Å². The molecule has 2 aliphatic heterocycles. The summed E-state index contributed by atoms with van der Waals surface area (Å²) in [6.07, 6.45) is 1.16. The van der Waals surface area contributed by atoms with E-state index in [1.54, 1.807) is 16.7 Å². The Labute approximate surface area is 147 Å². The van der Waals surface area contributed by atoms with Crippen LogP contribution >= 0.6 is 11.8 Å². The molecule has 24 heavy (non-hydrogen) atoms. The summed E-state index contributed by atoms with van der Waals surface area (Å²) in [7, 11) is -1.83. The van der Waals surface area contributed by atoms with Crippen molar-refractivity contribution in [1.29, 1.82) is 0 Å². The van der Waals surface area contributed by atoms with Crippen LogP contribution in [0.15, 0.2) is 29.2 Å². The van der Waals surface area contributed by atoms with Gasteiger partial charge in [-0.2, -0.15) is 0 Å². The fourth-order valence-corrected chi connectivity index (χ4v) is 5.17. The summed E-state index contributed by atoms with van der Waals surface area (Å²) >= 11 is 1.63. The molecule has 1 aromatic rings. The predicted molar refractivity (Wildman–Crippen MR) is 93.7 cm³/mol. The van der Waals surface area contributed by atoms with Crippen LogP contribution < -0.4 is 9.46 Å². The average molecular weight is 370 g/mol. The van der Waals surface area contributed by atoms with Crippen molar-refractivity contribution in [2.24, 2.45) is 5.92 Å². The van der Waals surface area contributed by atoms with Gasteiger partial charge in [-0.25, -0.2) is 13.1 Å². The maximum absolute atomic E-state index is 12.8. The predicted octanol–water partition coefficient (Wildman–Crippen LogP) is 1.33. The Kier molecular flexibility index (Phi) is 5.36. The molecule has 132 valence electrons. The first-order valence-corrected chi connectivity index (χ1v) is 10.7. The number of sulfonamides is 1. The summed E-state index contributed by atoms with van der Waals surface area (Å²) in [6.45, 7) is 1.15. The van der Waals surface area contributed by atoms with Gasteiger partial charge in [0.15, 0.2) is 6.10 Å². The number of nitrogens with one attached hydrogen (secondary N) is 1. The smallest absolute Gasteiger partial charge is 0.264 e. The highest BCUT2D eigenvalue weighted by molar-refractivity contribution is 7.99. The van der Waals surface area contributed by atoms with Gasteiger partial charge in [0.1, 0.15) is 5.75 Å². The molecule has 1 amide bonds. The van der Waals surface area contributed by atoms with Crippen molar-refractivity contribution in [2.75, 3.05) is 31.6 Å². The van der Waals surface area contributed by atoms with Crippen LogP contribution in [0.5, 0.6) is 5.75 Å². The van der Waals surface area contributed by atoms with Crippen molar-refractivity contribution in [3.05, 3.63) is 24.3 Å². The van der Waals surface area contributed by atoms with Gasteiger partial charge in [0.25, 0.3) is 5.91 Å². The number of amides is 1. The zero-order valence-electron chi connectivity index (χ0n) is 13.6.